The lowest BCUT2D eigenvalue weighted by Crippen LogP contribution is -2.08. The summed E-state index contributed by atoms with van der Waals surface area (Å²) in [5.74, 6) is 1.45. The summed E-state index contributed by atoms with van der Waals surface area (Å²) in [5.41, 5.74) is 1.43. The van der Waals surface area contributed by atoms with Gasteiger partial charge in [0.15, 0.2) is 0 Å². The molecule has 5 heteroatoms. The molecule has 0 N–H and O–H groups in total. The molecule has 2 aromatic heterocycles. The number of thiophene rings is 1. The van der Waals surface area contributed by atoms with Crippen LogP contribution in [0.1, 0.15) is 30.7 Å². The second kappa shape index (κ2) is 5.21. The first-order valence-electron chi connectivity index (χ1n) is 6.52. The van der Waals surface area contributed by atoms with Gasteiger partial charge in [-0.1, -0.05) is 18.7 Å². The molecule has 0 aliphatic heterocycles. The maximum Gasteiger partial charge on any atom is 0.140 e. The maximum atomic E-state index is 11.2. The van der Waals surface area contributed by atoms with Crippen LogP contribution in [0.5, 0.6) is 0 Å². The van der Waals surface area contributed by atoms with Crippen molar-refractivity contribution in [3.8, 4) is 0 Å². The number of carbonyl (C=O) groups excluding carboxylic acids is 1. The Morgan fingerprint density at radius 2 is 2.37 bits per heavy atom. The fraction of sp³-hybridized carbons (Fsp3) is 0.500. The van der Waals surface area contributed by atoms with Crippen LogP contribution in [0.4, 0.5) is 0 Å². The molecule has 2 heterocycles. The molecule has 19 heavy (non-hydrogen) atoms. The van der Waals surface area contributed by atoms with Gasteiger partial charge in [-0.15, -0.1) is 11.3 Å². The van der Waals surface area contributed by atoms with Crippen molar-refractivity contribution in [1.29, 1.82) is 0 Å². The Kier molecular flexibility index (Phi) is 3.58. The average molecular weight is 292 g/mol. The Morgan fingerprint density at radius 3 is 3.16 bits per heavy atom. The van der Waals surface area contributed by atoms with Crippen molar-refractivity contribution in [2.75, 3.05) is 5.75 Å². The zero-order chi connectivity index (χ0) is 13.4. The summed E-state index contributed by atoms with van der Waals surface area (Å²) in [5, 5.41) is 2.19. The van der Waals surface area contributed by atoms with Crippen molar-refractivity contribution in [3.05, 3.63) is 16.8 Å². The first kappa shape index (κ1) is 13.1. The van der Waals surface area contributed by atoms with Gasteiger partial charge in [-0.3, -0.25) is 4.79 Å². The molecule has 0 unspecified atom stereocenters. The second-order valence-corrected chi connectivity index (χ2v) is 7.25. The fourth-order valence-electron chi connectivity index (χ4n) is 2.53. The van der Waals surface area contributed by atoms with Gasteiger partial charge in [-0.05, 0) is 37.7 Å². The summed E-state index contributed by atoms with van der Waals surface area (Å²) >= 11 is 3.34. The average Bonchev–Trinajstić information content (AvgIpc) is 2.73. The third-order valence-electron chi connectivity index (χ3n) is 3.47. The minimum Gasteiger partial charge on any atom is -0.299 e. The van der Waals surface area contributed by atoms with Gasteiger partial charge in [-0.25, -0.2) is 9.97 Å². The Labute approximate surface area is 120 Å². The lowest BCUT2D eigenvalue weighted by molar-refractivity contribution is -0.114. The molecule has 0 bridgehead atoms. The van der Waals surface area contributed by atoms with E-state index in [-0.39, 0.29) is 5.78 Å². The van der Waals surface area contributed by atoms with Crippen LogP contribution in [0, 0.1) is 5.92 Å². The van der Waals surface area contributed by atoms with E-state index in [4.69, 9.17) is 0 Å². The van der Waals surface area contributed by atoms with Crippen LogP contribution in [0.2, 0.25) is 0 Å². The Bertz CT molecular complexity index is 636. The molecule has 0 amide bonds. The van der Waals surface area contributed by atoms with Crippen molar-refractivity contribution in [2.45, 2.75) is 38.1 Å². The number of aromatic nitrogens is 2. The number of nitrogens with zero attached hydrogens (tertiary/aromatic N) is 2. The predicted octanol–water partition coefficient (Wildman–Crippen LogP) is 3.50. The van der Waals surface area contributed by atoms with Crippen LogP contribution >= 0.6 is 23.1 Å². The van der Waals surface area contributed by atoms with E-state index in [0.717, 1.165) is 28.6 Å². The summed E-state index contributed by atoms with van der Waals surface area (Å²) < 4.78 is 0. The Hall–Kier alpha value is -0.940. The zero-order valence-electron chi connectivity index (χ0n) is 11.1. The molecule has 1 atom stereocenters. The summed E-state index contributed by atoms with van der Waals surface area (Å²) in [7, 11) is 0. The molecular formula is C14H16N2OS2. The van der Waals surface area contributed by atoms with Crippen LogP contribution < -0.4 is 0 Å². The van der Waals surface area contributed by atoms with E-state index in [2.05, 4.69) is 16.9 Å². The monoisotopic (exact) mass is 292 g/mol. The number of thioether (sulfide) groups is 1. The largest absolute Gasteiger partial charge is 0.299 e. The summed E-state index contributed by atoms with van der Waals surface area (Å²) in [6, 6.07) is 0. The summed E-state index contributed by atoms with van der Waals surface area (Å²) in [6.07, 6.45) is 5.14. The van der Waals surface area contributed by atoms with Crippen LogP contribution in [0.15, 0.2) is 11.4 Å². The summed E-state index contributed by atoms with van der Waals surface area (Å²) in [4.78, 5) is 22.5. The predicted molar refractivity (Wildman–Crippen MR) is 80.0 cm³/mol. The van der Waals surface area contributed by atoms with E-state index >= 15 is 0 Å². The van der Waals surface area contributed by atoms with E-state index < -0.39 is 0 Å². The molecule has 1 aliphatic carbocycles. The summed E-state index contributed by atoms with van der Waals surface area (Å²) in [6.45, 7) is 3.93. The van der Waals surface area contributed by atoms with Crippen molar-refractivity contribution in [3.63, 3.8) is 0 Å². The minimum atomic E-state index is 0.189. The SMILES string of the molecule is CC(=O)CSc1ncnc2sc3c(c12)CC[C@@H](C)C3. The molecule has 1 aliphatic rings. The topological polar surface area (TPSA) is 42.9 Å². The van der Waals surface area contributed by atoms with Gasteiger partial charge in [-0.2, -0.15) is 0 Å². The molecule has 3 rings (SSSR count). The lowest BCUT2D eigenvalue weighted by atomic mass is 9.89. The molecule has 0 aromatic carbocycles. The molecule has 0 spiro atoms. The third-order valence-corrected chi connectivity index (χ3v) is 5.77. The van der Waals surface area contributed by atoms with Gasteiger partial charge >= 0.3 is 0 Å². The van der Waals surface area contributed by atoms with Gasteiger partial charge in [0.25, 0.3) is 0 Å². The van der Waals surface area contributed by atoms with E-state index in [0.29, 0.717) is 5.75 Å². The normalized spacial score (nSPS) is 18.5. The highest BCUT2D eigenvalue weighted by atomic mass is 32.2. The number of ketones is 1. The first-order chi connectivity index (χ1) is 9.15. The third kappa shape index (κ3) is 2.54. The van der Waals surface area contributed by atoms with Crippen molar-refractivity contribution < 1.29 is 4.79 Å². The molecule has 0 fully saturated rings. The second-order valence-electron chi connectivity index (χ2n) is 5.20. The van der Waals surface area contributed by atoms with E-state index in [1.165, 1.54) is 22.2 Å². The Balaban J connectivity index is 2.06. The smallest absolute Gasteiger partial charge is 0.140 e. The molecule has 3 nitrogen and oxygen atoms in total. The van der Waals surface area contributed by atoms with Crippen molar-refractivity contribution in [1.82, 2.24) is 9.97 Å². The van der Waals surface area contributed by atoms with Crippen LogP contribution in [0.3, 0.4) is 0 Å². The highest BCUT2D eigenvalue weighted by Gasteiger charge is 2.23. The quantitative estimate of drug-likeness (QED) is 0.641. The minimum absolute atomic E-state index is 0.189. The van der Waals surface area contributed by atoms with Gasteiger partial charge in [0.2, 0.25) is 0 Å². The van der Waals surface area contributed by atoms with Gasteiger partial charge < -0.3 is 0 Å². The van der Waals surface area contributed by atoms with Crippen molar-refractivity contribution in [2.24, 2.45) is 5.92 Å². The molecule has 0 radical (unpaired) electrons. The first-order valence-corrected chi connectivity index (χ1v) is 8.33. The van der Waals surface area contributed by atoms with Crippen molar-refractivity contribution >= 4 is 39.1 Å². The lowest BCUT2D eigenvalue weighted by Gasteiger charge is -2.18. The van der Waals surface area contributed by atoms with Gasteiger partial charge in [0.05, 0.1) is 5.75 Å². The number of carbonyl (C=O) groups is 1. The number of Topliss-reactive ketones (excluding diaryl/α,β-unsaturated/α-hetero) is 1. The maximum absolute atomic E-state index is 11.2. The highest BCUT2D eigenvalue weighted by Crippen LogP contribution is 2.40. The van der Waals surface area contributed by atoms with Crippen LogP contribution in [0.25, 0.3) is 10.2 Å². The number of rotatable bonds is 3. The molecule has 0 saturated heterocycles. The number of hydrogen-bond donors (Lipinski definition) is 0. The number of fused-ring (bicyclic) bond motifs is 3. The van der Waals surface area contributed by atoms with E-state index in [9.17, 15) is 4.79 Å². The molecule has 0 saturated carbocycles. The van der Waals surface area contributed by atoms with Gasteiger partial charge in [0, 0.05) is 10.3 Å². The molecular weight excluding hydrogens is 276 g/mol. The van der Waals surface area contributed by atoms with Crippen LogP contribution in [-0.2, 0) is 17.6 Å². The van der Waals surface area contributed by atoms with Gasteiger partial charge in [0.1, 0.15) is 22.0 Å². The number of hydrogen-bond acceptors (Lipinski definition) is 5. The van der Waals surface area contributed by atoms with E-state index in [1.807, 2.05) is 0 Å². The standard InChI is InChI=1S/C14H16N2OS2/c1-8-3-4-10-11(5-8)19-14-12(10)13(15-7-16-14)18-6-9(2)17/h7-8H,3-6H2,1-2H3/t8-/m1/s1. The fourth-order valence-corrected chi connectivity index (χ4v) is 4.77. The van der Waals surface area contributed by atoms with E-state index in [1.54, 1.807) is 36.3 Å². The number of aryl methyl sites for hydroxylation is 1. The Morgan fingerprint density at radius 1 is 1.53 bits per heavy atom. The zero-order valence-corrected chi connectivity index (χ0v) is 12.7. The molecule has 100 valence electrons. The highest BCUT2D eigenvalue weighted by molar-refractivity contribution is 8.00. The van der Waals surface area contributed by atoms with Crippen LogP contribution in [-0.4, -0.2) is 21.5 Å². The molecule has 2 aromatic rings.